The SMILES string of the molecule is CC(=O)c1cccc(OCC(=O)N(C)CC(C)C(=O)O)c1. The third-order valence-corrected chi connectivity index (χ3v) is 3.00. The summed E-state index contributed by atoms with van der Waals surface area (Å²) in [6.07, 6.45) is 0. The van der Waals surface area contributed by atoms with Crippen LogP contribution in [0.15, 0.2) is 24.3 Å². The van der Waals surface area contributed by atoms with Gasteiger partial charge in [-0.1, -0.05) is 19.1 Å². The van der Waals surface area contributed by atoms with E-state index in [1.807, 2.05) is 0 Å². The van der Waals surface area contributed by atoms with Crippen molar-refractivity contribution in [3.05, 3.63) is 29.8 Å². The minimum absolute atomic E-state index is 0.0841. The normalized spacial score (nSPS) is 11.6. The topological polar surface area (TPSA) is 83.9 Å². The first-order chi connectivity index (χ1) is 9.81. The van der Waals surface area contributed by atoms with Crippen LogP contribution in [0.1, 0.15) is 24.2 Å². The van der Waals surface area contributed by atoms with Gasteiger partial charge in [-0.2, -0.15) is 0 Å². The molecule has 0 aliphatic rings. The molecule has 1 atom stereocenters. The third kappa shape index (κ3) is 5.25. The number of rotatable bonds is 7. The van der Waals surface area contributed by atoms with Gasteiger partial charge in [-0.3, -0.25) is 14.4 Å². The fraction of sp³-hybridized carbons (Fsp3) is 0.400. The highest BCUT2D eigenvalue weighted by Crippen LogP contribution is 2.13. The Morgan fingerprint density at radius 1 is 1.33 bits per heavy atom. The van der Waals surface area contributed by atoms with Gasteiger partial charge in [0.2, 0.25) is 0 Å². The van der Waals surface area contributed by atoms with Crippen molar-refractivity contribution in [1.29, 1.82) is 0 Å². The molecular weight excluding hydrogens is 274 g/mol. The van der Waals surface area contributed by atoms with E-state index in [0.717, 1.165) is 0 Å². The molecule has 21 heavy (non-hydrogen) atoms. The van der Waals surface area contributed by atoms with Crippen LogP contribution in [0.3, 0.4) is 0 Å². The first kappa shape index (κ1) is 16.7. The standard InChI is InChI=1S/C15H19NO5/c1-10(15(19)20)8-16(3)14(18)9-21-13-6-4-5-12(7-13)11(2)17/h4-7,10H,8-9H2,1-3H3,(H,19,20). The summed E-state index contributed by atoms with van der Waals surface area (Å²) in [5.74, 6) is -1.57. The van der Waals surface area contributed by atoms with Gasteiger partial charge in [0.05, 0.1) is 5.92 Å². The fourth-order valence-corrected chi connectivity index (χ4v) is 1.65. The van der Waals surface area contributed by atoms with Gasteiger partial charge in [-0.05, 0) is 19.1 Å². The number of Topliss-reactive ketones (excluding diaryl/α,β-unsaturated/α-hetero) is 1. The number of carboxylic acid groups (broad SMARTS) is 1. The molecule has 0 bridgehead atoms. The summed E-state index contributed by atoms with van der Waals surface area (Å²) in [5.41, 5.74) is 0.507. The first-order valence-electron chi connectivity index (χ1n) is 6.52. The Hall–Kier alpha value is -2.37. The van der Waals surface area contributed by atoms with Crippen molar-refractivity contribution in [2.75, 3.05) is 20.2 Å². The highest BCUT2D eigenvalue weighted by molar-refractivity contribution is 5.94. The van der Waals surface area contributed by atoms with E-state index in [9.17, 15) is 14.4 Å². The molecule has 0 spiro atoms. The molecule has 114 valence electrons. The van der Waals surface area contributed by atoms with Crippen LogP contribution in [0.25, 0.3) is 0 Å². The van der Waals surface area contributed by atoms with Crippen LogP contribution in [0, 0.1) is 5.92 Å². The molecule has 1 aromatic carbocycles. The Morgan fingerprint density at radius 2 is 2.00 bits per heavy atom. The second-order valence-corrected chi connectivity index (χ2v) is 4.89. The minimum Gasteiger partial charge on any atom is -0.484 e. The van der Waals surface area contributed by atoms with Crippen molar-refractivity contribution in [3.8, 4) is 5.75 Å². The zero-order chi connectivity index (χ0) is 16.0. The number of amides is 1. The predicted octanol–water partition coefficient (Wildman–Crippen LogP) is 1.45. The van der Waals surface area contributed by atoms with Crippen LogP contribution in [-0.2, 0) is 9.59 Å². The number of nitrogens with zero attached hydrogens (tertiary/aromatic N) is 1. The van der Waals surface area contributed by atoms with Crippen LogP contribution in [-0.4, -0.2) is 47.9 Å². The fourth-order valence-electron chi connectivity index (χ4n) is 1.65. The van der Waals surface area contributed by atoms with Gasteiger partial charge in [-0.15, -0.1) is 0 Å². The average molecular weight is 293 g/mol. The van der Waals surface area contributed by atoms with Crippen LogP contribution in [0.2, 0.25) is 0 Å². The summed E-state index contributed by atoms with van der Waals surface area (Å²) in [7, 11) is 1.52. The van der Waals surface area contributed by atoms with Crippen LogP contribution >= 0.6 is 0 Å². The molecule has 0 aliphatic carbocycles. The molecule has 6 nitrogen and oxygen atoms in total. The van der Waals surface area contributed by atoms with Gasteiger partial charge >= 0.3 is 5.97 Å². The minimum atomic E-state index is -0.954. The second-order valence-electron chi connectivity index (χ2n) is 4.89. The molecule has 1 N–H and O–H groups in total. The number of aliphatic carboxylic acids is 1. The largest absolute Gasteiger partial charge is 0.484 e. The van der Waals surface area contributed by atoms with Crippen molar-refractivity contribution in [2.24, 2.45) is 5.92 Å². The Kier molecular flexibility index (Phi) is 5.90. The molecule has 0 radical (unpaired) electrons. The van der Waals surface area contributed by atoms with Crippen LogP contribution < -0.4 is 4.74 Å². The number of hydrogen-bond acceptors (Lipinski definition) is 4. The lowest BCUT2D eigenvalue weighted by molar-refractivity contribution is -0.143. The number of ether oxygens (including phenoxy) is 1. The number of hydrogen-bond donors (Lipinski definition) is 1. The third-order valence-electron chi connectivity index (χ3n) is 3.00. The molecule has 0 saturated carbocycles. The molecule has 0 aliphatic heterocycles. The lowest BCUT2D eigenvalue weighted by atomic mass is 10.1. The average Bonchev–Trinajstić information content (AvgIpc) is 2.44. The monoisotopic (exact) mass is 293 g/mol. The second kappa shape index (κ2) is 7.42. The number of likely N-dealkylation sites (N-methyl/N-ethyl adjacent to an activating group) is 1. The highest BCUT2D eigenvalue weighted by atomic mass is 16.5. The summed E-state index contributed by atoms with van der Waals surface area (Å²) in [4.78, 5) is 35.1. The summed E-state index contributed by atoms with van der Waals surface area (Å²) >= 11 is 0. The Balaban J connectivity index is 2.54. The van der Waals surface area contributed by atoms with Crippen molar-refractivity contribution in [1.82, 2.24) is 4.90 Å². The van der Waals surface area contributed by atoms with E-state index in [1.54, 1.807) is 24.3 Å². The van der Waals surface area contributed by atoms with Crippen LogP contribution in [0.4, 0.5) is 0 Å². The van der Waals surface area contributed by atoms with E-state index in [-0.39, 0.29) is 24.8 Å². The van der Waals surface area contributed by atoms with Crippen molar-refractivity contribution < 1.29 is 24.2 Å². The van der Waals surface area contributed by atoms with E-state index in [4.69, 9.17) is 9.84 Å². The van der Waals surface area contributed by atoms with Gasteiger partial charge in [0, 0.05) is 19.2 Å². The van der Waals surface area contributed by atoms with Gasteiger partial charge in [0.1, 0.15) is 5.75 Å². The lowest BCUT2D eigenvalue weighted by Gasteiger charge is -2.19. The number of carbonyl (C=O) groups excluding carboxylic acids is 2. The highest BCUT2D eigenvalue weighted by Gasteiger charge is 2.17. The summed E-state index contributed by atoms with van der Waals surface area (Å²) < 4.78 is 5.33. The predicted molar refractivity (Wildman–Crippen MR) is 76.4 cm³/mol. The van der Waals surface area contributed by atoms with Crippen LogP contribution in [0.5, 0.6) is 5.75 Å². The van der Waals surface area contributed by atoms with Gasteiger partial charge in [-0.25, -0.2) is 0 Å². The first-order valence-corrected chi connectivity index (χ1v) is 6.52. The van der Waals surface area contributed by atoms with Gasteiger partial charge in [0.15, 0.2) is 12.4 Å². The maximum absolute atomic E-state index is 11.8. The zero-order valence-electron chi connectivity index (χ0n) is 12.3. The Labute approximate surface area is 123 Å². The van der Waals surface area contributed by atoms with E-state index in [0.29, 0.717) is 11.3 Å². The summed E-state index contributed by atoms with van der Waals surface area (Å²) in [6, 6.07) is 6.56. The summed E-state index contributed by atoms with van der Waals surface area (Å²) in [6.45, 7) is 2.89. The van der Waals surface area contributed by atoms with E-state index >= 15 is 0 Å². The Morgan fingerprint density at radius 3 is 2.57 bits per heavy atom. The molecule has 0 heterocycles. The van der Waals surface area contributed by atoms with Gasteiger partial charge < -0.3 is 14.7 Å². The molecule has 6 heteroatoms. The molecule has 1 rings (SSSR count). The van der Waals surface area contributed by atoms with E-state index in [1.165, 1.54) is 25.8 Å². The number of ketones is 1. The molecule has 0 aromatic heterocycles. The van der Waals surface area contributed by atoms with Crippen molar-refractivity contribution >= 4 is 17.7 Å². The van der Waals surface area contributed by atoms with E-state index < -0.39 is 11.9 Å². The van der Waals surface area contributed by atoms with E-state index in [2.05, 4.69) is 0 Å². The Bertz CT molecular complexity index is 541. The molecule has 1 amide bonds. The van der Waals surface area contributed by atoms with Crippen molar-refractivity contribution in [3.63, 3.8) is 0 Å². The number of carboxylic acids is 1. The number of benzene rings is 1. The lowest BCUT2D eigenvalue weighted by Crippen LogP contribution is -2.36. The molecule has 0 saturated heterocycles. The number of carbonyl (C=O) groups is 3. The molecular formula is C15H19NO5. The molecule has 0 fully saturated rings. The summed E-state index contributed by atoms with van der Waals surface area (Å²) in [5, 5.41) is 8.80. The molecule has 1 unspecified atom stereocenters. The maximum atomic E-state index is 11.8. The maximum Gasteiger partial charge on any atom is 0.308 e. The van der Waals surface area contributed by atoms with Crippen molar-refractivity contribution in [2.45, 2.75) is 13.8 Å². The zero-order valence-corrected chi connectivity index (χ0v) is 12.3. The van der Waals surface area contributed by atoms with Gasteiger partial charge in [0.25, 0.3) is 5.91 Å². The quantitative estimate of drug-likeness (QED) is 0.769. The smallest absolute Gasteiger partial charge is 0.308 e. The molecule has 1 aromatic rings.